The van der Waals surface area contributed by atoms with Crippen molar-refractivity contribution in [2.24, 2.45) is 5.92 Å². The fourth-order valence-electron chi connectivity index (χ4n) is 3.58. The average Bonchev–Trinajstić information content (AvgIpc) is 3.19. The SMILES string of the molecule is CC(=O)NC(C)Cc1ccc(C#Cc2ccnc(NCC3CCCC3)n2)cc1. The number of anilines is 1. The number of hydrogen-bond acceptors (Lipinski definition) is 4. The number of aromatic nitrogens is 2. The fourth-order valence-corrected chi connectivity index (χ4v) is 3.58. The average molecular weight is 377 g/mol. The quantitative estimate of drug-likeness (QED) is 0.757. The summed E-state index contributed by atoms with van der Waals surface area (Å²) in [7, 11) is 0. The number of carbonyl (C=O) groups excluding carboxylic acids is 1. The van der Waals surface area contributed by atoms with Gasteiger partial charge in [0.05, 0.1) is 0 Å². The Morgan fingerprint density at radius 3 is 2.64 bits per heavy atom. The third-order valence-electron chi connectivity index (χ3n) is 4.96. The highest BCUT2D eigenvalue weighted by molar-refractivity contribution is 5.73. The highest BCUT2D eigenvalue weighted by Crippen LogP contribution is 2.24. The Labute approximate surface area is 167 Å². The molecule has 3 rings (SSSR count). The maximum Gasteiger partial charge on any atom is 0.223 e. The van der Waals surface area contributed by atoms with Crippen LogP contribution in [0, 0.1) is 17.8 Å². The van der Waals surface area contributed by atoms with Crippen molar-refractivity contribution in [1.29, 1.82) is 0 Å². The van der Waals surface area contributed by atoms with Gasteiger partial charge in [-0.25, -0.2) is 9.97 Å². The summed E-state index contributed by atoms with van der Waals surface area (Å²) >= 11 is 0. The minimum atomic E-state index is -0.00283. The van der Waals surface area contributed by atoms with Crippen LogP contribution in [-0.2, 0) is 11.2 Å². The van der Waals surface area contributed by atoms with Crippen LogP contribution in [0.25, 0.3) is 0 Å². The minimum absolute atomic E-state index is 0.00283. The second-order valence-corrected chi connectivity index (χ2v) is 7.55. The lowest BCUT2D eigenvalue weighted by Gasteiger charge is -2.12. The zero-order chi connectivity index (χ0) is 19.8. The van der Waals surface area contributed by atoms with Gasteiger partial charge < -0.3 is 10.6 Å². The molecule has 0 radical (unpaired) electrons. The Hall–Kier alpha value is -2.87. The van der Waals surface area contributed by atoms with E-state index in [1.807, 2.05) is 25.1 Å². The third kappa shape index (κ3) is 6.38. The van der Waals surface area contributed by atoms with E-state index in [1.54, 1.807) is 6.20 Å². The number of rotatable bonds is 6. The maximum absolute atomic E-state index is 11.1. The molecule has 0 bridgehead atoms. The number of nitrogens with one attached hydrogen (secondary N) is 2. The highest BCUT2D eigenvalue weighted by Gasteiger charge is 2.14. The molecule has 2 aromatic rings. The number of benzene rings is 1. The summed E-state index contributed by atoms with van der Waals surface area (Å²) in [5, 5.41) is 6.24. The molecule has 5 nitrogen and oxygen atoms in total. The topological polar surface area (TPSA) is 66.9 Å². The fraction of sp³-hybridized carbons (Fsp3) is 0.435. The minimum Gasteiger partial charge on any atom is -0.354 e. The van der Waals surface area contributed by atoms with Crippen molar-refractivity contribution < 1.29 is 4.79 Å². The number of carbonyl (C=O) groups is 1. The van der Waals surface area contributed by atoms with Crippen molar-refractivity contribution in [2.45, 2.75) is 52.0 Å². The number of hydrogen-bond donors (Lipinski definition) is 2. The van der Waals surface area contributed by atoms with Gasteiger partial charge in [0.25, 0.3) is 0 Å². The Morgan fingerprint density at radius 2 is 1.93 bits per heavy atom. The van der Waals surface area contributed by atoms with Gasteiger partial charge in [0.2, 0.25) is 11.9 Å². The van der Waals surface area contributed by atoms with Crippen LogP contribution >= 0.6 is 0 Å². The van der Waals surface area contributed by atoms with Gasteiger partial charge in [0.1, 0.15) is 5.69 Å². The normalized spacial score (nSPS) is 14.8. The summed E-state index contributed by atoms with van der Waals surface area (Å²) in [6.07, 6.45) is 7.82. The molecule has 28 heavy (non-hydrogen) atoms. The monoisotopic (exact) mass is 376 g/mol. The van der Waals surface area contributed by atoms with Crippen LogP contribution in [0.3, 0.4) is 0 Å². The van der Waals surface area contributed by atoms with Crippen LogP contribution in [0.4, 0.5) is 5.95 Å². The van der Waals surface area contributed by atoms with Gasteiger partial charge in [0, 0.05) is 31.3 Å². The lowest BCUT2D eigenvalue weighted by Crippen LogP contribution is -2.31. The first kappa shape index (κ1) is 19.9. The Kier molecular flexibility index (Phi) is 7.02. The lowest BCUT2D eigenvalue weighted by molar-refractivity contribution is -0.119. The molecule has 1 heterocycles. The van der Waals surface area contributed by atoms with Crippen LogP contribution in [0.5, 0.6) is 0 Å². The van der Waals surface area contributed by atoms with Crippen LogP contribution in [0.1, 0.15) is 56.4 Å². The highest BCUT2D eigenvalue weighted by atomic mass is 16.1. The molecule has 1 aromatic heterocycles. The van der Waals surface area contributed by atoms with Crippen LogP contribution in [0.2, 0.25) is 0 Å². The van der Waals surface area contributed by atoms with Crippen molar-refractivity contribution >= 4 is 11.9 Å². The first-order valence-electron chi connectivity index (χ1n) is 10.0. The summed E-state index contributed by atoms with van der Waals surface area (Å²) in [4.78, 5) is 19.9. The van der Waals surface area contributed by atoms with E-state index in [0.717, 1.165) is 24.4 Å². The van der Waals surface area contributed by atoms with Crippen molar-refractivity contribution in [1.82, 2.24) is 15.3 Å². The van der Waals surface area contributed by atoms with Gasteiger partial charge in [0.15, 0.2) is 0 Å². The zero-order valence-corrected chi connectivity index (χ0v) is 16.7. The Bertz CT molecular complexity index is 845. The van der Waals surface area contributed by atoms with Crippen LogP contribution in [-0.4, -0.2) is 28.5 Å². The first-order chi connectivity index (χ1) is 13.6. The van der Waals surface area contributed by atoms with E-state index in [0.29, 0.717) is 11.6 Å². The molecule has 1 aliphatic carbocycles. The van der Waals surface area contributed by atoms with Gasteiger partial charge in [-0.1, -0.05) is 30.9 Å². The molecule has 1 amide bonds. The molecule has 1 aromatic carbocycles. The summed E-state index contributed by atoms with van der Waals surface area (Å²) < 4.78 is 0. The molecule has 1 aliphatic rings. The van der Waals surface area contributed by atoms with E-state index in [4.69, 9.17) is 0 Å². The predicted octanol–water partition coefficient (Wildman–Crippen LogP) is 3.55. The largest absolute Gasteiger partial charge is 0.354 e. The van der Waals surface area contributed by atoms with E-state index in [2.05, 4.69) is 44.6 Å². The molecule has 1 saturated carbocycles. The molecular weight excluding hydrogens is 348 g/mol. The molecule has 5 heteroatoms. The molecule has 0 spiro atoms. The lowest BCUT2D eigenvalue weighted by atomic mass is 10.1. The Balaban J connectivity index is 1.56. The molecule has 1 atom stereocenters. The van der Waals surface area contributed by atoms with Gasteiger partial charge in [-0.05, 0) is 61.8 Å². The molecule has 1 fully saturated rings. The summed E-state index contributed by atoms with van der Waals surface area (Å²) in [5.74, 6) is 7.67. The van der Waals surface area contributed by atoms with Gasteiger partial charge in [-0.3, -0.25) is 4.79 Å². The predicted molar refractivity (Wildman–Crippen MR) is 112 cm³/mol. The first-order valence-corrected chi connectivity index (χ1v) is 10.0. The van der Waals surface area contributed by atoms with Crippen molar-refractivity contribution in [2.75, 3.05) is 11.9 Å². The Morgan fingerprint density at radius 1 is 1.18 bits per heavy atom. The van der Waals surface area contributed by atoms with Gasteiger partial charge in [-0.15, -0.1) is 0 Å². The second-order valence-electron chi connectivity index (χ2n) is 7.55. The van der Waals surface area contributed by atoms with Crippen molar-refractivity contribution in [3.05, 3.63) is 53.3 Å². The molecule has 2 N–H and O–H groups in total. The molecule has 0 saturated heterocycles. The third-order valence-corrected chi connectivity index (χ3v) is 4.96. The zero-order valence-electron chi connectivity index (χ0n) is 16.7. The van der Waals surface area contributed by atoms with Crippen molar-refractivity contribution in [3.63, 3.8) is 0 Å². The van der Waals surface area contributed by atoms with Crippen molar-refractivity contribution in [3.8, 4) is 11.8 Å². The van der Waals surface area contributed by atoms with E-state index < -0.39 is 0 Å². The summed E-state index contributed by atoms with van der Waals surface area (Å²) in [6, 6.07) is 10.1. The summed E-state index contributed by atoms with van der Waals surface area (Å²) in [6.45, 7) is 4.48. The van der Waals surface area contributed by atoms with E-state index >= 15 is 0 Å². The molecular formula is C23H28N4O. The number of nitrogens with zero attached hydrogens (tertiary/aromatic N) is 2. The van der Waals surface area contributed by atoms with Gasteiger partial charge >= 0.3 is 0 Å². The summed E-state index contributed by atoms with van der Waals surface area (Å²) in [5.41, 5.74) is 2.83. The second kappa shape index (κ2) is 9.89. The molecule has 1 unspecified atom stereocenters. The van der Waals surface area contributed by atoms with Crippen LogP contribution < -0.4 is 10.6 Å². The van der Waals surface area contributed by atoms with E-state index in [9.17, 15) is 4.79 Å². The standard InChI is InChI=1S/C23H28N4O/c1-17(26-18(2)28)15-20-9-7-19(8-10-20)11-12-22-13-14-24-23(27-22)25-16-21-5-3-4-6-21/h7-10,13-14,17,21H,3-6,15-16H2,1-2H3,(H,26,28)(H,24,25,27). The van der Waals surface area contributed by atoms with E-state index in [-0.39, 0.29) is 11.9 Å². The maximum atomic E-state index is 11.1. The van der Waals surface area contributed by atoms with Crippen LogP contribution in [0.15, 0.2) is 36.5 Å². The molecule has 0 aliphatic heterocycles. The molecule has 146 valence electrons. The number of amides is 1. The smallest absolute Gasteiger partial charge is 0.223 e. The van der Waals surface area contributed by atoms with E-state index in [1.165, 1.54) is 38.2 Å². The van der Waals surface area contributed by atoms with Gasteiger partial charge in [-0.2, -0.15) is 0 Å².